The zero-order chi connectivity index (χ0) is 11.8. The van der Waals surface area contributed by atoms with Crippen LogP contribution in [0.3, 0.4) is 0 Å². The Hall–Kier alpha value is 1.08. The first kappa shape index (κ1) is 36.5. The van der Waals surface area contributed by atoms with E-state index < -0.39 is 0 Å². The molecule has 18 heavy (non-hydrogen) atoms. The van der Waals surface area contributed by atoms with Crippen molar-refractivity contribution >= 4 is 49.6 Å². The molecule has 2 nitrogen and oxygen atoms in total. The fraction of sp³-hybridized carbons (Fsp3) is 1.00. The minimum atomic E-state index is 0. The predicted molar refractivity (Wildman–Crippen MR) is 95.8 cm³/mol. The highest BCUT2D eigenvalue weighted by Crippen LogP contribution is 2.09. The molecule has 0 heterocycles. The van der Waals surface area contributed by atoms with E-state index in [1.165, 1.54) is 0 Å². The molecule has 6 heteroatoms. The van der Waals surface area contributed by atoms with Gasteiger partial charge in [0, 0.05) is 0 Å². The highest BCUT2D eigenvalue weighted by molar-refractivity contribution is 5.86. The van der Waals surface area contributed by atoms with Crippen molar-refractivity contribution in [1.82, 2.24) is 10.6 Å². The third-order valence-corrected chi connectivity index (χ3v) is 1.41. The quantitative estimate of drug-likeness (QED) is 0.782. The first-order chi connectivity index (χ1) is 6.12. The molecule has 120 valence electrons. The van der Waals surface area contributed by atoms with Crippen molar-refractivity contribution in [2.45, 2.75) is 41.5 Å². The Morgan fingerprint density at radius 3 is 0.722 bits per heavy atom. The van der Waals surface area contributed by atoms with Crippen LogP contribution in [0.1, 0.15) is 41.5 Å². The average molecular weight is 348 g/mol. The third kappa shape index (κ3) is 53.6. The Bertz CT molecular complexity index is 115. The number of hydrogen-bond acceptors (Lipinski definition) is 2. The van der Waals surface area contributed by atoms with E-state index in [9.17, 15) is 0 Å². The molecule has 0 aliphatic carbocycles. The second-order valence-corrected chi connectivity index (χ2v) is 6.18. The average Bonchev–Trinajstić information content (AvgIpc) is 1.81. The van der Waals surface area contributed by atoms with Gasteiger partial charge in [-0.15, -0.1) is 49.6 Å². The lowest BCUT2D eigenvalue weighted by atomic mass is 9.97. The summed E-state index contributed by atoms with van der Waals surface area (Å²) in [6.07, 6.45) is 0. The van der Waals surface area contributed by atoms with Crippen molar-refractivity contribution in [2.75, 3.05) is 27.2 Å². The van der Waals surface area contributed by atoms with Crippen LogP contribution in [-0.2, 0) is 0 Å². The molecule has 0 aromatic carbocycles. The highest BCUT2D eigenvalue weighted by Gasteiger charge is 2.06. The van der Waals surface area contributed by atoms with Gasteiger partial charge in [-0.1, -0.05) is 41.5 Å². The first-order valence-corrected chi connectivity index (χ1v) is 5.41. The fourth-order valence-electron chi connectivity index (χ4n) is 1.06. The molecule has 0 aliphatic rings. The van der Waals surface area contributed by atoms with Gasteiger partial charge in [0.15, 0.2) is 0 Å². The van der Waals surface area contributed by atoms with E-state index in [1.807, 2.05) is 14.1 Å². The number of halogens is 4. The smallest absolute Gasteiger partial charge is 0.000313 e. The van der Waals surface area contributed by atoms with Gasteiger partial charge in [-0.3, -0.25) is 0 Å². The maximum atomic E-state index is 3.11. The Balaban J connectivity index is -0.0000000327. The molecule has 0 bridgehead atoms. The predicted octanol–water partition coefficient (Wildman–Crippen LogP) is 4.19. The molecule has 0 atom stereocenters. The zero-order valence-corrected chi connectivity index (χ0v) is 16.3. The van der Waals surface area contributed by atoms with Crippen LogP contribution in [-0.4, -0.2) is 27.2 Å². The molecule has 0 rings (SSSR count). The van der Waals surface area contributed by atoms with Gasteiger partial charge in [-0.05, 0) is 38.0 Å². The van der Waals surface area contributed by atoms with Crippen LogP contribution >= 0.6 is 49.6 Å². The molecule has 0 spiro atoms. The monoisotopic (exact) mass is 346 g/mol. The van der Waals surface area contributed by atoms with Crippen LogP contribution in [0.25, 0.3) is 0 Å². The molecule has 0 saturated heterocycles. The number of nitrogens with one attached hydrogen (secondary N) is 2. The van der Waals surface area contributed by atoms with Gasteiger partial charge in [0.1, 0.15) is 0 Å². The Kier molecular flexibility index (Phi) is 36.6. The SMILES string of the molecule is CNCC(C)(C)C.CNCC(C)(C)C.Cl.Cl.Cl.Cl. The second-order valence-electron chi connectivity index (χ2n) is 6.18. The molecule has 0 aliphatic heterocycles. The van der Waals surface area contributed by atoms with Gasteiger partial charge in [0.25, 0.3) is 0 Å². The van der Waals surface area contributed by atoms with Gasteiger partial charge >= 0.3 is 0 Å². The van der Waals surface area contributed by atoms with Crippen LogP contribution in [0, 0.1) is 10.8 Å². The molecular weight excluding hydrogens is 314 g/mol. The molecule has 0 unspecified atom stereocenters. The van der Waals surface area contributed by atoms with Gasteiger partial charge in [0.05, 0.1) is 0 Å². The van der Waals surface area contributed by atoms with E-state index >= 15 is 0 Å². The largest absolute Gasteiger partial charge is 0.319 e. The number of hydrogen-bond donors (Lipinski definition) is 2. The van der Waals surface area contributed by atoms with Crippen LogP contribution in [0.15, 0.2) is 0 Å². The maximum absolute atomic E-state index is 3.11. The van der Waals surface area contributed by atoms with E-state index in [2.05, 4.69) is 52.2 Å². The van der Waals surface area contributed by atoms with E-state index in [4.69, 9.17) is 0 Å². The summed E-state index contributed by atoms with van der Waals surface area (Å²) in [5.41, 5.74) is 0.878. The van der Waals surface area contributed by atoms with Crippen molar-refractivity contribution in [3.8, 4) is 0 Å². The Morgan fingerprint density at radius 2 is 0.722 bits per heavy atom. The summed E-state index contributed by atoms with van der Waals surface area (Å²) >= 11 is 0. The summed E-state index contributed by atoms with van der Waals surface area (Å²) < 4.78 is 0. The summed E-state index contributed by atoms with van der Waals surface area (Å²) in [7, 11) is 3.95. The minimum absolute atomic E-state index is 0. The highest BCUT2D eigenvalue weighted by atomic mass is 35.5. The van der Waals surface area contributed by atoms with Crippen molar-refractivity contribution in [3.63, 3.8) is 0 Å². The van der Waals surface area contributed by atoms with E-state index in [0.717, 1.165) is 13.1 Å². The Morgan fingerprint density at radius 1 is 0.556 bits per heavy atom. The van der Waals surface area contributed by atoms with Crippen molar-refractivity contribution in [2.24, 2.45) is 10.8 Å². The maximum Gasteiger partial charge on any atom is -0.000313 e. The molecule has 0 saturated carbocycles. The van der Waals surface area contributed by atoms with Crippen molar-refractivity contribution < 1.29 is 0 Å². The molecule has 0 amide bonds. The summed E-state index contributed by atoms with van der Waals surface area (Å²) in [6, 6.07) is 0. The van der Waals surface area contributed by atoms with Crippen LogP contribution < -0.4 is 10.6 Å². The van der Waals surface area contributed by atoms with E-state index in [1.54, 1.807) is 0 Å². The number of rotatable bonds is 2. The van der Waals surface area contributed by atoms with Crippen molar-refractivity contribution in [3.05, 3.63) is 0 Å². The molecular formula is C12H34Cl4N2. The lowest BCUT2D eigenvalue weighted by Gasteiger charge is -2.16. The fourth-order valence-corrected chi connectivity index (χ4v) is 1.06. The minimum Gasteiger partial charge on any atom is -0.319 e. The van der Waals surface area contributed by atoms with Gasteiger partial charge in [-0.2, -0.15) is 0 Å². The molecule has 0 aromatic rings. The summed E-state index contributed by atoms with van der Waals surface area (Å²) in [6.45, 7) is 15.5. The van der Waals surface area contributed by atoms with Crippen LogP contribution in [0.5, 0.6) is 0 Å². The molecule has 0 aromatic heterocycles. The normalized spacial score (nSPS) is 9.33. The van der Waals surface area contributed by atoms with E-state index in [0.29, 0.717) is 10.8 Å². The molecule has 2 N–H and O–H groups in total. The van der Waals surface area contributed by atoms with Crippen LogP contribution in [0.2, 0.25) is 0 Å². The first-order valence-electron chi connectivity index (χ1n) is 5.41. The van der Waals surface area contributed by atoms with Crippen LogP contribution in [0.4, 0.5) is 0 Å². The van der Waals surface area contributed by atoms with Gasteiger partial charge < -0.3 is 10.6 Å². The van der Waals surface area contributed by atoms with E-state index in [-0.39, 0.29) is 49.6 Å². The molecule has 0 fully saturated rings. The van der Waals surface area contributed by atoms with Gasteiger partial charge in [0.2, 0.25) is 0 Å². The topological polar surface area (TPSA) is 24.1 Å². The van der Waals surface area contributed by atoms with Crippen molar-refractivity contribution in [1.29, 1.82) is 0 Å². The van der Waals surface area contributed by atoms with Gasteiger partial charge in [-0.25, -0.2) is 0 Å². The zero-order valence-electron chi connectivity index (χ0n) is 13.0. The summed E-state index contributed by atoms with van der Waals surface area (Å²) in [5, 5.41) is 6.22. The molecule has 0 radical (unpaired) electrons. The lowest BCUT2D eigenvalue weighted by Crippen LogP contribution is -2.22. The Labute approximate surface area is 139 Å². The third-order valence-electron chi connectivity index (χ3n) is 1.41. The standard InChI is InChI=1S/2C6H15N.4ClH/c2*1-6(2,3)5-7-4;;;;/h2*7H,5H2,1-4H3;4*1H. The summed E-state index contributed by atoms with van der Waals surface area (Å²) in [4.78, 5) is 0. The summed E-state index contributed by atoms with van der Waals surface area (Å²) in [5.74, 6) is 0. The lowest BCUT2D eigenvalue weighted by molar-refractivity contribution is 0.395. The second kappa shape index (κ2) is 18.1.